The molecule has 0 radical (unpaired) electrons. The van der Waals surface area contributed by atoms with Gasteiger partial charge in [-0.3, -0.25) is 24.7 Å². The second kappa shape index (κ2) is 39.4. The number of aryl methyl sites for hydroxylation is 1. The number of nitriles is 4. The number of nitrogens with zero attached hydrogens (tertiary/aromatic N) is 8. The number of hydrogen-bond acceptors (Lipinski definition) is 19. The zero-order chi connectivity index (χ0) is 82.6. The Morgan fingerprint density at radius 3 is 1.26 bits per heavy atom. The molecule has 0 amide bonds. The van der Waals surface area contributed by atoms with E-state index in [9.17, 15) is 32.0 Å². The number of Topliss-reactive ketones (excluding diaryl/α,β-unsaturated/α-hetero) is 4. The van der Waals surface area contributed by atoms with Crippen molar-refractivity contribution in [3.8, 4) is 80.0 Å². The van der Waals surface area contributed by atoms with Crippen molar-refractivity contribution in [3.05, 3.63) is 246 Å². The van der Waals surface area contributed by atoms with E-state index in [1.165, 1.54) is 33.7 Å². The highest BCUT2D eigenvalue weighted by Crippen LogP contribution is 2.56. The first-order chi connectivity index (χ1) is 55.1. The van der Waals surface area contributed by atoms with Crippen LogP contribution in [0.3, 0.4) is 0 Å². The first-order valence-electron chi connectivity index (χ1n) is 38.2. The fourth-order valence-electron chi connectivity index (χ4n) is 13.3. The van der Waals surface area contributed by atoms with Gasteiger partial charge in [-0.1, -0.05) is 85.8 Å². The third kappa shape index (κ3) is 24.7. The molecule has 4 heterocycles. The molecular formula is C94H93FN8O7S5. The highest BCUT2D eigenvalue weighted by Gasteiger charge is 2.47. The van der Waals surface area contributed by atoms with Crippen LogP contribution in [0.25, 0.3) is 55.8 Å². The van der Waals surface area contributed by atoms with Crippen LogP contribution in [0.5, 0.6) is 0 Å². The van der Waals surface area contributed by atoms with Crippen LogP contribution >= 0.6 is 47.0 Å². The lowest BCUT2D eigenvalue weighted by molar-refractivity contribution is -0.119. The second-order valence-electron chi connectivity index (χ2n) is 31.0. The molecule has 4 aromatic heterocycles. The smallest absolute Gasteiger partial charge is 0.179 e. The number of rotatable bonds is 28. The molecule has 6 aromatic carbocycles. The molecule has 588 valence electrons. The first-order valence-corrected chi connectivity index (χ1v) is 43.6. The zero-order valence-corrected chi connectivity index (χ0v) is 70.1. The Kier molecular flexibility index (Phi) is 29.9. The van der Waals surface area contributed by atoms with Crippen LogP contribution in [0.4, 0.5) is 4.39 Å². The second-order valence-corrected chi connectivity index (χ2v) is 37.6. The summed E-state index contributed by atoms with van der Waals surface area (Å²) in [5.41, 5.74) is 14.0. The first kappa shape index (κ1) is 87.2. The molecule has 0 spiro atoms. The standard InChI is InChI=1S/C20H18FNOS.C19H18N2OS.C19H21NO2S.C19H19NO2S.C17H17N3OS/c1-14(23)11-20(8-9-20)13-24-19-7-6-17(21)10-18(19)16-4-2-15(12-22)3-5-16;1-14(22)10-19(7-8-19)13-23-18-6-9-21-12-17(18)16-4-2-15(11-20)3-5-16;1-14(22)10-19(7-8-19)13-23-18-6-9-20-11-17(18)16-4-2-15(12-21)3-5-16;1-2-19(11-12-19)14-23(21,22)18-6-4-3-5-17(18)16-9-7-15(13-20)8-10-16;1-11-7-13(8-18)9-20-16(11)14-10-19-6-5-15(14)22-17(3,4)12(2)21/h2-7,10H,8-9,11,13H2,1H3;2-6,9,12H,7-8,10,13H2,1H3;2-6,9,11,21H,7-8,10,12-13H2,1H3;3-10H,2,11-12,14H2,1H3;5-7,9-10H,1-4H3. The minimum absolute atomic E-state index is 0.0173. The van der Waals surface area contributed by atoms with Gasteiger partial charge in [0.1, 0.15) is 35.0 Å². The number of carbonyl (C=O) groups is 4. The van der Waals surface area contributed by atoms with Crippen molar-refractivity contribution >= 4 is 80.0 Å². The molecule has 4 fully saturated rings. The Labute approximate surface area is 692 Å². The molecule has 21 heteroatoms. The third-order valence-electron chi connectivity index (χ3n) is 21.2. The van der Waals surface area contributed by atoms with Gasteiger partial charge in [-0.2, -0.15) is 21.0 Å². The topological polar surface area (TPSA) is 269 Å². The van der Waals surface area contributed by atoms with Crippen LogP contribution < -0.4 is 0 Å². The van der Waals surface area contributed by atoms with E-state index in [1.54, 1.807) is 137 Å². The molecule has 115 heavy (non-hydrogen) atoms. The van der Waals surface area contributed by atoms with Crippen LogP contribution in [0.15, 0.2) is 232 Å². The molecule has 0 atom stereocenters. The number of carbonyl (C=O) groups excluding carboxylic acids is 4. The minimum Gasteiger partial charge on any atom is -0.392 e. The number of aliphatic hydroxyl groups excluding tert-OH is 1. The number of halogens is 1. The number of aromatic nitrogens is 4. The molecule has 15 nitrogen and oxygen atoms in total. The van der Waals surface area contributed by atoms with Gasteiger partial charge in [0.05, 0.1) is 68.2 Å². The maximum atomic E-state index is 13.7. The number of hydrogen-bond donors (Lipinski definition) is 1. The molecule has 1 N–H and O–H groups in total. The van der Waals surface area contributed by atoms with Crippen LogP contribution in [-0.4, -0.2) is 84.4 Å². The van der Waals surface area contributed by atoms with Crippen LogP contribution in [0, 0.1) is 79.7 Å². The third-order valence-corrected chi connectivity index (χ3v) is 28.8. The highest BCUT2D eigenvalue weighted by atomic mass is 32.2. The molecule has 4 saturated carbocycles. The van der Waals surface area contributed by atoms with Crippen molar-refractivity contribution in [2.75, 3.05) is 23.0 Å². The maximum Gasteiger partial charge on any atom is 0.179 e. The predicted molar refractivity (Wildman–Crippen MR) is 458 cm³/mol. The molecule has 0 aliphatic heterocycles. The number of pyridine rings is 4. The Hall–Kier alpha value is -10.2. The lowest BCUT2D eigenvalue weighted by Crippen LogP contribution is -2.24. The Bertz CT molecular complexity index is 5440. The van der Waals surface area contributed by atoms with E-state index < -0.39 is 14.6 Å². The molecule has 10 aromatic rings. The van der Waals surface area contributed by atoms with E-state index >= 15 is 0 Å². The van der Waals surface area contributed by atoms with Gasteiger partial charge in [-0.25, -0.2) is 12.8 Å². The zero-order valence-electron chi connectivity index (χ0n) is 66.0. The fraction of sp³-hybridized carbons (Fsp3) is 0.319. The molecule has 4 aliphatic carbocycles. The summed E-state index contributed by atoms with van der Waals surface area (Å²) in [6.07, 6.45) is 24.1. The van der Waals surface area contributed by atoms with Gasteiger partial charge >= 0.3 is 0 Å². The predicted octanol–water partition coefficient (Wildman–Crippen LogP) is 21.8. The lowest BCUT2D eigenvalue weighted by Gasteiger charge is -2.22. The van der Waals surface area contributed by atoms with Gasteiger partial charge in [0.2, 0.25) is 0 Å². The molecule has 0 bridgehead atoms. The van der Waals surface area contributed by atoms with Crippen LogP contribution in [0.2, 0.25) is 0 Å². The SMILES string of the molecule is CC(=O)C(C)(C)Sc1ccncc1-c1ncc(C#N)cc1C.CC(=O)CC1(CSc2ccc(F)cc2-c2ccc(C#N)cc2)CC1.CC(=O)CC1(CSc2ccncc2-c2ccc(C#N)cc2)CC1.CC(=O)CC1(CSc2ccncc2-c2ccc(CO)cc2)CC1.CCC1(CS(=O)(=O)c2ccccc2-c2ccc(C#N)cc2)CC1. The van der Waals surface area contributed by atoms with Crippen molar-refractivity contribution in [1.29, 1.82) is 21.0 Å². The summed E-state index contributed by atoms with van der Waals surface area (Å²) < 4.78 is 39.0. The summed E-state index contributed by atoms with van der Waals surface area (Å²) in [5.74, 6) is 3.71. The van der Waals surface area contributed by atoms with Crippen molar-refractivity contribution in [2.24, 2.45) is 21.7 Å². The largest absolute Gasteiger partial charge is 0.392 e. The summed E-state index contributed by atoms with van der Waals surface area (Å²) in [6.45, 7) is 14.5. The number of aliphatic hydroxyl groups is 1. The molecule has 4 aliphatic rings. The Morgan fingerprint density at radius 1 is 0.478 bits per heavy atom. The van der Waals surface area contributed by atoms with Gasteiger partial charge in [-0.15, -0.1) is 47.0 Å². The molecule has 0 saturated heterocycles. The van der Waals surface area contributed by atoms with Gasteiger partial charge in [0.15, 0.2) is 9.84 Å². The van der Waals surface area contributed by atoms with Crippen LogP contribution in [0.1, 0.15) is 159 Å². The maximum absolute atomic E-state index is 13.7. The van der Waals surface area contributed by atoms with Gasteiger partial charge in [0, 0.05) is 122 Å². The van der Waals surface area contributed by atoms with E-state index in [4.69, 9.17) is 26.2 Å². The number of benzene rings is 6. The van der Waals surface area contributed by atoms with E-state index in [0.29, 0.717) is 52.0 Å². The normalized spacial score (nSPS) is 14.5. The van der Waals surface area contributed by atoms with Gasteiger partial charge < -0.3 is 19.5 Å². The van der Waals surface area contributed by atoms with E-state index in [2.05, 4.69) is 51.1 Å². The van der Waals surface area contributed by atoms with E-state index in [0.717, 1.165) is 146 Å². The number of sulfone groups is 1. The summed E-state index contributed by atoms with van der Waals surface area (Å²) in [7, 11) is -3.33. The van der Waals surface area contributed by atoms with Crippen molar-refractivity contribution in [2.45, 2.75) is 168 Å². The van der Waals surface area contributed by atoms with Crippen molar-refractivity contribution in [3.63, 3.8) is 0 Å². The molecular weight excluding hydrogens is 1530 g/mol. The highest BCUT2D eigenvalue weighted by molar-refractivity contribution is 8.01. The summed E-state index contributed by atoms with van der Waals surface area (Å²) in [6, 6.07) is 57.8. The lowest BCUT2D eigenvalue weighted by atomic mass is 10.0. The fourth-order valence-corrected chi connectivity index (χ4v) is 20.7. The minimum atomic E-state index is -3.33. The number of thioether (sulfide) groups is 4. The van der Waals surface area contributed by atoms with Crippen molar-refractivity contribution < 1.29 is 37.1 Å². The van der Waals surface area contributed by atoms with Gasteiger partial charge in [-0.05, 0) is 252 Å². The molecule has 0 unspecified atom stereocenters. The van der Waals surface area contributed by atoms with Gasteiger partial charge in [0.25, 0.3) is 0 Å². The number of ketones is 4. The average molecular weight is 1630 g/mol. The van der Waals surface area contributed by atoms with Crippen molar-refractivity contribution in [1.82, 2.24) is 19.9 Å². The summed E-state index contributed by atoms with van der Waals surface area (Å²) in [5, 5.41) is 44.8. The summed E-state index contributed by atoms with van der Waals surface area (Å²) in [4.78, 5) is 67.8. The van der Waals surface area contributed by atoms with Crippen LogP contribution in [-0.2, 0) is 35.6 Å². The summed E-state index contributed by atoms with van der Waals surface area (Å²) >= 11 is 6.82. The Balaban J connectivity index is 0.000000152. The van der Waals surface area contributed by atoms with E-state index in [1.807, 2.05) is 142 Å². The quantitative estimate of drug-likeness (QED) is 0.0446. The van der Waals surface area contributed by atoms with E-state index in [-0.39, 0.29) is 63.0 Å². The average Bonchev–Trinajstić information content (AvgIpc) is 1.63. The molecule has 14 rings (SSSR count). The Morgan fingerprint density at radius 2 is 0.870 bits per heavy atom. The monoisotopic (exact) mass is 1620 g/mol.